The molecule has 3 aliphatic rings. The lowest BCUT2D eigenvalue weighted by Gasteiger charge is -2.34. The Balaban J connectivity index is 1.48. The van der Waals surface area contributed by atoms with E-state index < -0.39 is 0 Å². The normalized spacial score (nSPS) is 34.7. The fourth-order valence-electron chi connectivity index (χ4n) is 3.58. The summed E-state index contributed by atoms with van der Waals surface area (Å²) in [4.78, 5) is 14.5. The average molecular weight is 265 g/mol. The molecule has 4 nitrogen and oxygen atoms in total. The summed E-state index contributed by atoms with van der Waals surface area (Å²) < 4.78 is 11.4. The lowest BCUT2D eigenvalue weighted by atomic mass is 9.87. The third kappa shape index (κ3) is 2.70. The van der Waals surface area contributed by atoms with Gasteiger partial charge in [0.1, 0.15) is 0 Å². The number of hydrogen-bond acceptors (Lipinski definition) is 3. The molecule has 3 aliphatic heterocycles. The summed E-state index contributed by atoms with van der Waals surface area (Å²) in [7, 11) is 0. The largest absolute Gasteiger partial charge is 0.374 e. The summed E-state index contributed by atoms with van der Waals surface area (Å²) in [6.45, 7) is 5.92. The van der Waals surface area contributed by atoms with E-state index >= 15 is 0 Å². The standard InChI is InChI=1S/C15H23NO3/c1-2-9-18-11-5-7-16(8-6-11)15(17)13-10-12-3-4-14(13)19-12/h2,11-14H,1,3-10H2/t12-,13-,14-/m1/s1. The Labute approximate surface area is 114 Å². The van der Waals surface area contributed by atoms with Gasteiger partial charge in [0.25, 0.3) is 0 Å². The lowest BCUT2D eigenvalue weighted by Crippen LogP contribution is -2.45. The molecule has 0 N–H and O–H groups in total. The van der Waals surface area contributed by atoms with E-state index in [1.54, 1.807) is 6.08 Å². The first-order valence-electron chi connectivity index (χ1n) is 7.44. The highest BCUT2D eigenvalue weighted by atomic mass is 16.5. The minimum absolute atomic E-state index is 0.129. The van der Waals surface area contributed by atoms with Gasteiger partial charge in [-0.2, -0.15) is 0 Å². The Morgan fingerprint density at radius 2 is 2.11 bits per heavy atom. The molecule has 3 atom stereocenters. The molecule has 0 radical (unpaired) electrons. The molecule has 19 heavy (non-hydrogen) atoms. The molecule has 3 fully saturated rings. The highest BCUT2D eigenvalue weighted by Crippen LogP contribution is 2.39. The number of ether oxygens (including phenoxy) is 2. The van der Waals surface area contributed by atoms with Crippen LogP contribution >= 0.6 is 0 Å². The maximum absolute atomic E-state index is 12.5. The predicted octanol–water partition coefficient (Wildman–Crippen LogP) is 1.75. The van der Waals surface area contributed by atoms with Crippen LogP contribution in [0.1, 0.15) is 32.1 Å². The van der Waals surface area contributed by atoms with Crippen molar-refractivity contribution >= 4 is 5.91 Å². The minimum atomic E-state index is 0.129. The van der Waals surface area contributed by atoms with Crippen molar-refractivity contribution in [3.8, 4) is 0 Å². The fourth-order valence-corrected chi connectivity index (χ4v) is 3.58. The van der Waals surface area contributed by atoms with Gasteiger partial charge < -0.3 is 14.4 Å². The number of hydrogen-bond donors (Lipinski definition) is 0. The SMILES string of the molecule is C=CCOC1CCN(C(=O)[C@@H]2C[C@H]3CC[C@H]2O3)CC1. The first-order chi connectivity index (χ1) is 9.28. The molecule has 0 unspecified atom stereocenters. The molecule has 0 aliphatic carbocycles. The Morgan fingerprint density at radius 3 is 2.68 bits per heavy atom. The molecule has 2 bridgehead atoms. The molecule has 0 spiro atoms. The topological polar surface area (TPSA) is 38.8 Å². The quantitative estimate of drug-likeness (QED) is 0.727. The number of piperidine rings is 1. The van der Waals surface area contributed by atoms with Gasteiger partial charge in [0.2, 0.25) is 5.91 Å². The minimum Gasteiger partial charge on any atom is -0.374 e. The number of nitrogens with zero attached hydrogens (tertiary/aromatic N) is 1. The van der Waals surface area contributed by atoms with Gasteiger partial charge in [-0.15, -0.1) is 6.58 Å². The molecular weight excluding hydrogens is 242 g/mol. The molecule has 0 aromatic carbocycles. The first-order valence-corrected chi connectivity index (χ1v) is 7.44. The van der Waals surface area contributed by atoms with Gasteiger partial charge >= 0.3 is 0 Å². The summed E-state index contributed by atoms with van der Waals surface area (Å²) in [6.07, 6.45) is 7.67. The molecule has 0 aromatic heterocycles. The lowest BCUT2D eigenvalue weighted by molar-refractivity contribution is -0.139. The van der Waals surface area contributed by atoms with Crippen molar-refractivity contribution in [2.24, 2.45) is 5.92 Å². The van der Waals surface area contributed by atoms with Crippen LogP contribution in [0.5, 0.6) is 0 Å². The Bertz CT molecular complexity index is 349. The van der Waals surface area contributed by atoms with Gasteiger partial charge in [0, 0.05) is 13.1 Å². The van der Waals surface area contributed by atoms with Crippen LogP contribution < -0.4 is 0 Å². The summed E-state index contributed by atoms with van der Waals surface area (Å²) in [5.41, 5.74) is 0. The number of likely N-dealkylation sites (tertiary alicyclic amines) is 1. The monoisotopic (exact) mass is 265 g/mol. The average Bonchev–Trinajstić information content (AvgIpc) is 3.07. The van der Waals surface area contributed by atoms with E-state index in [2.05, 4.69) is 6.58 Å². The summed E-state index contributed by atoms with van der Waals surface area (Å²) in [5.74, 6) is 0.443. The van der Waals surface area contributed by atoms with Gasteiger partial charge in [-0.25, -0.2) is 0 Å². The summed E-state index contributed by atoms with van der Waals surface area (Å²) in [5, 5.41) is 0. The van der Waals surface area contributed by atoms with E-state index in [-0.39, 0.29) is 12.0 Å². The van der Waals surface area contributed by atoms with Crippen molar-refractivity contribution in [3.63, 3.8) is 0 Å². The van der Waals surface area contributed by atoms with Crippen LogP contribution in [0.15, 0.2) is 12.7 Å². The van der Waals surface area contributed by atoms with Crippen molar-refractivity contribution in [2.45, 2.75) is 50.4 Å². The van der Waals surface area contributed by atoms with E-state index in [1.807, 2.05) is 4.90 Å². The molecule has 4 heteroatoms. The van der Waals surface area contributed by atoms with Gasteiger partial charge in [-0.05, 0) is 32.1 Å². The van der Waals surface area contributed by atoms with Crippen molar-refractivity contribution in [1.29, 1.82) is 0 Å². The second-order valence-corrected chi connectivity index (χ2v) is 5.86. The van der Waals surface area contributed by atoms with Crippen molar-refractivity contribution in [2.75, 3.05) is 19.7 Å². The molecular formula is C15H23NO3. The summed E-state index contributed by atoms with van der Waals surface area (Å²) >= 11 is 0. The van der Waals surface area contributed by atoms with E-state index in [0.717, 1.165) is 45.2 Å². The van der Waals surface area contributed by atoms with E-state index in [4.69, 9.17) is 9.47 Å². The maximum atomic E-state index is 12.5. The fraction of sp³-hybridized carbons (Fsp3) is 0.800. The van der Waals surface area contributed by atoms with Crippen molar-refractivity contribution in [1.82, 2.24) is 4.90 Å². The summed E-state index contributed by atoms with van der Waals surface area (Å²) in [6, 6.07) is 0. The molecule has 1 amide bonds. The Kier molecular flexibility index (Phi) is 3.89. The molecule has 3 rings (SSSR count). The van der Waals surface area contributed by atoms with E-state index in [1.165, 1.54) is 0 Å². The van der Waals surface area contributed by atoms with Gasteiger partial charge in [0.15, 0.2) is 0 Å². The van der Waals surface area contributed by atoms with Crippen molar-refractivity contribution in [3.05, 3.63) is 12.7 Å². The second-order valence-electron chi connectivity index (χ2n) is 5.86. The van der Waals surface area contributed by atoms with Crippen LogP contribution in [-0.4, -0.2) is 48.8 Å². The number of carbonyl (C=O) groups excluding carboxylic acids is 1. The number of fused-ring (bicyclic) bond motifs is 2. The highest BCUT2D eigenvalue weighted by molar-refractivity contribution is 5.80. The van der Waals surface area contributed by atoms with Crippen LogP contribution in [0.3, 0.4) is 0 Å². The maximum Gasteiger partial charge on any atom is 0.228 e. The third-order valence-corrected chi connectivity index (χ3v) is 4.63. The third-order valence-electron chi connectivity index (χ3n) is 4.63. The molecule has 3 saturated heterocycles. The van der Waals surface area contributed by atoms with Gasteiger partial charge in [0.05, 0.1) is 30.8 Å². The van der Waals surface area contributed by atoms with Crippen LogP contribution in [0.2, 0.25) is 0 Å². The second kappa shape index (κ2) is 5.63. The van der Waals surface area contributed by atoms with Crippen molar-refractivity contribution < 1.29 is 14.3 Å². The Hall–Kier alpha value is -0.870. The zero-order chi connectivity index (χ0) is 13.2. The van der Waals surface area contributed by atoms with Crippen LogP contribution in [0.25, 0.3) is 0 Å². The number of amides is 1. The van der Waals surface area contributed by atoms with Crippen LogP contribution in [0.4, 0.5) is 0 Å². The van der Waals surface area contributed by atoms with E-state index in [9.17, 15) is 4.79 Å². The smallest absolute Gasteiger partial charge is 0.228 e. The van der Waals surface area contributed by atoms with Crippen LogP contribution in [-0.2, 0) is 14.3 Å². The van der Waals surface area contributed by atoms with E-state index in [0.29, 0.717) is 24.7 Å². The number of carbonyl (C=O) groups is 1. The highest BCUT2D eigenvalue weighted by Gasteiger charge is 2.45. The molecule has 0 aromatic rings. The zero-order valence-corrected chi connectivity index (χ0v) is 11.4. The molecule has 3 heterocycles. The Morgan fingerprint density at radius 1 is 1.32 bits per heavy atom. The van der Waals surface area contributed by atoms with Gasteiger partial charge in [-0.1, -0.05) is 6.08 Å². The first kappa shape index (κ1) is 13.1. The molecule has 106 valence electrons. The molecule has 0 saturated carbocycles. The zero-order valence-electron chi connectivity index (χ0n) is 11.4. The van der Waals surface area contributed by atoms with Gasteiger partial charge in [-0.3, -0.25) is 4.79 Å². The number of rotatable bonds is 4. The predicted molar refractivity (Wildman–Crippen MR) is 71.8 cm³/mol. The van der Waals surface area contributed by atoms with Crippen LogP contribution in [0, 0.1) is 5.92 Å².